The molecule has 0 aliphatic heterocycles. The summed E-state index contributed by atoms with van der Waals surface area (Å²) in [5, 5.41) is 0.463. The third kappa shape index (κ3) is 2.59. The molecule has 4 nitrogen and oxygen atoms in total. The van der Waals surface area contributed by atoms with Gasteiger partial charge in [0, 0.05) is 16.7 Å². The van der Waals surface area contributed by atoms with E-state index in [4.69, 9.17) is 11.5 Å². The third-order valence-electron chi connectivity index (χ3n) is 4.09. The fourth-order valence-electron chi connectivity index (χ4n) is 3.13. The Labute approximate surface area is 123 Å². The Bertz CT molecular complexity index is 536. The van der Waals surface area contributed by atoms with Crippen molar-refractivity contribution in [3.8, 4) is 0 Å². The predicted octanol–water partition coefficient (Wildman–Crippen LogP) is 2.85. The second-order valence-corrected chi connectivity index (χ2v) is 6.72. The molecule has 0 saturated carbocycles. The average Bonchev–Trinajstić information content (AvgIpc) is 2.73. The van der Waals surface area contributed by atoms with Crippen molar-refractivity contribution in [3.05, 3.63) is 16.0 Å². The van der Waals surface area contributed by atoms with Crippen LogP contribution in [0, 0.1) is 5.92 Å². The molecule has 0 radical (unpaired) electrons. The molecule has 1 amide bonds. The maximum absolute atomic E-state index is 12.6. The number of nitrogen functional groups attached to an aromatic ring is 1. The van der Waals surface area contributed by atoms with E-state index in [1.807, 2.05) is 6.92 Å². The topological polar surface area (TPSA) is 86.2 Å². The summed E-state index contributed by atoms with van der Waals surface area (Å²) in [5.74, 6) is -0.454. The smallest absolute Gasteiger partial charge is 0.251 e. The minimum absolute atomic E-state index is 0.0257. The highest BCUT2D eigenvalue weighted by Gasteiger charge is 2.35. The number of fused-ring (bicyclic) bond motifs is 1. The van der Waals surface area contributed by atoms with Crippen molar-refractivity contribution in [1.82, 2.24) is 0 Å². The van der Waals surface area contributed by atoms with Gasteiger partial charge in [-0.1, -0.05) is 20.3 Å². The number of rotatable bonds is 5. The van der Waals surface area contributed by atoms with Gasteiger partial charge in [-0.15, -0.1) is 11.3 Å². The zero-order valence-electron chi connectivity index (χ0n) is 12.1. The maximum Gasteiger partial charge on any atom is 0.251 e. The Morgan fingerprint density at radius 2 is 2.15 bits per heavy atom. The molecule has 20 heavy (non-hydrogen) atoms. The highest BCUT2D eigenvalue weighted by molar-refractivity contribution is 7.16. The number of nitrogens with two attached hydrogens (primary N) is 2. The highest BCUT2D eigenvalue weighted by Crippen LogP contribution is 2.43. The molecule has 0 spiro atoms. The van der Waals surface area contributed by atoms with E-state index < -0.39 is 5.91 Å². The van der Waals surface area contributed by atoms with Gasteiger partial charge in [-0.3, -0.25) is 9.59 Å². The number of primary amides is 1. The lowest BCUT2D eigenvalue weighted by atomic mass is 9.78. The first-order chi connectivity index (χ1) is 9.47. The molecule has 2 unspecified atom stereocenters. The number of hydrogen-bond donors (Lipinski definition) is 2. The number of amides is 1. The van der Waals surface area contributed by atoms with E-state index in [1.54, 1.807) is 0 Å². The number of Topliss-reactive ketones (excluding diaryl/α,β-unsaturated/α-hetero) is 1. The van der Waals surface area contributed by atoms with E-state index >= 15 is 0 Å². The SMILES string of the molecule is CCCC(C)C(=O)C1CCCc2sc(N)c(C(N)=O)c21. The Kier molecular flexibility index (Phi) is 4.48. The first-order valence-electron chi connectivity index (χ1n) is 7.21. The van der Waals surface area contributed by atoms with Crippen LogP contribution in [0.1, 0.15) is 66.2 Å². The molecule has 1 aliphatic rings. The Morgan fingerprint density at radius 1 is 1.45 bits per heavy atom. The lowest BCUT2D eigenvalue weighted by molar-refractivity contribution is -0.124. The van der Waals surface area contributed by atoms with Crippen molar-refractivity contribution in [2.45, 2.75) is 51.9 Å². The van der Waals surface area contributed by atoms with Crippen LogP contribution in [0.5, 0.6) is 0 Å². The Balaban J connectivity index is 2.41. The number of hydrogen-bond acceptors (Lipinski definition) is 4. The normalized spacial score (nSPS) is 19.4. The lowest BCUT2D eigenvalue weighted by Crippen LogP contribution is -2.26. The van der Waals surface area contributed by atoms with E-state index in [2.05, 4.69) is 6.92 Å². The highest BCUT2D eigenvalue weighted by atomic mass is 32.1. The molecule has 0 saturated heterocycles. The summed E-state index contributed by atoms with van der Waals surface area (Å²) in [6.45, 7) is 4.05. The minimum atomic E-state index is -0.511. The number of aryl methyl sites for hydroxylation is 1. The van der Waals surface area contributed by atoms with Crippen LogP contribution in [0.15, 0.2) is 0 Å². The second-order valence-electron chi connectivity index (χ2n) is 5.58. The molecular formula is C15H22N2O2S. The molecule has 1 heterocycles. The van der Waals surface area contributed by atoms with E-state index in [0.29, 0.717) is 10.6 Å². The van der Waals surface area contributed by atoms with Gasteiger partial charge in [-0.05, 0) is 31.2 Å². The minimum Gasteiger partial charge on any atom is -0.390 e. The zero-order chi connectivity index (χ0) is 14.9. The monoisotopic (exact) mass is 294 g/mol. The molecule has 1 aromatic heterocycles. The summed E-state index contributed by atoms with van der Waals surface area (Å²) in [4.78, 5) is 25.4. The van der Waals surface area contributed by atoms with Crippen LogP contribution in [-0.2, 0) is 11.2 Å². The fraction of sp³-hybridized carbons (Fsp3) is 0.600. The largest absolute Gasteiger partial charge is 0.390 e. The second kappa shape index (κ2) is 5.95. The summed E-state index contributed by atoms with van der Waals surface area (Å²) in [7, 11) is 0. The van der Waals surface area contributed by atoms with Gasteiger partial charge in [-0.25, -0.2) is 0 Å². The van der Waals surface area contributed by atoms with Crippen molar-refractivity contribution in [3.63, 3.8) is 0 Å². The van der Waals surface area contributed by atoms with Gasteiger partial charge in [0.25, 0.3) is 5.91 Å². The molecule has 0 aromatic carbocycles. The number of ketones is 1. The predicted molar refractivity (Wildman–Crippen MR) is 82.0 cm³/mol. The Hall–Kier alpha value is -1.36. The van der Waals surface area contributed by atoms with Crippen LogP contribution in [0.25, 0.3) is 0 Å². The van der Waals surface area contributed by atoms with Crippen LogP contribution in [-0.4, -0.2) is 11.7 Å². The van der Waals surface area contributed by atoms with E-state index in [0.717, 1.165) is 42.5 Å². The van der Waals surface area contributed by atoms with E-state index in [9.17, 15) is 9.59 Å². The summed E-state index contributed by atoms with van der Waals surface area (Å²) in [5.41, 5.74) is 12.6. The van der Waals surface area contributed by atoms with Gasteiger partial charge < -0.3 is 11.5 Å². The molecule has 110 valence electrons. The molecular weight excluding hydrogens is 272 g/mol. The summed E-state index contributed by atoms with van der Waals surface area (Å²) < 4.78 is 0. The zero-order valence-corrected chi connectivity index (χ0v) is 12.9. The van der Waals surface area contributed by atoms with Crippen LogP contribution in [0.4, 0.5) is 5.00 Å². The van der Waals surface area contributed by atoms with E-state index in [1.165, 1.54) is 11.3 Å². The van der Waals surface area contributed by atoms with Crippen molar-refractivity contribution in [2.75, 3.05) is 5.73 Å². The van der Waals surface area contributed by atoms with Crippen LogP contribution in [0.2, 0.25) is 0 Å². The van der Waals surface area contributed by atoms with Crippen molar-refractivity contribution in [2.24, 2.45) is 11.7 Å². The summed E-state index contributed by atoms with van der Waals surface area (Å²) >= 11 is 1.42. The number of carbonyl (C=O) groups excluding carboxylic acids is 2. The molecule has 0 fully saturated rings. The first kappa shape index (κ1) is 15.0. The molecule has 2 rings (SSSR count). The molecule has 1 aromatic rings. The number of anilines is 1. The quantitative estimate of drug-likeness (QED) is 0.875. The Morgan fingerprint density at radius 3 is 2.75 bits per heavy atom. The molecule has 4 N–H and O–H groups in total. The number of thiophene rings is 1. The summed E-state index contributed by atoms with van der Waals surface area (Å²) in [6, 6.07) is 0. The van der Waals surface area contributed by atoms with Gasteiger partial charge in [0.15, 0.2) is 0 Å². The standard InChI is InChI=1S/C15H22N2O2S/c1-3-5-8(2)13(18)9-6-4-7-10-11(9)12(14(16)19)15(17)20-10/h8-9H,3-7,17H2,1-2H3,(H2,16,19). The van der Waals surface area contributed by atoms with Gasteiger partial charge in [0.05, 0.1) is 10.6 Å². The molecule has 5 heteroatoms. The van der Waals surface area contributed by atoms with Crippen molar-refractivity contribution >= 4 is 28.0 Å². The lowest BCUT2D eigenvalue weighted by Gasteiger charge is -2.25. The molecule has 0 bridgehead atoms. The maximum atomic E-state index is 12.6. The third-order valence-corrected chi connectivity index (χ3v) is 5.19. The summed E-state index contributed by atoms with van der Waals surface area (Å²) in [6.07, 6.45) is 4.54. The van der Waals surface area contributed by atoms with Crippen LogP contribution in [0.3, 0.4) is 0 Å². The number of carbonyl (C=O) groups is 2. The van der Waals surface area contributed by atoms with Gasteiger partial charge in [0.2, 0.25) is 0 Å². The fourth-order valence-corrected chi connectivity index (χ4v) is 4.31. The van der Waals surface area contributed by atoms with Gasteiger partial charge in [-0.2, -0.15) is 0 Å². The van der Waals surface area contributed by atoms with Crippen LogP contribution < -0.4 is 11.5 Å². The molecule has 2 atom stereocenters. The molecule has 1 aliphatic carbocycles. The van der Waals surface area contributed by atoms with Crippen molar-refractivity contribution in [1.29, 1.82) is 0 Å². The van der Waals surface area contributed by atoms with Crippen LogP contribution >= 0.6 is 11.3 Å². The van der Waals surface area contributed by atoms with Gasteiger partial charge >= 0.3 is 0 Å². The van der Waals surface area contributed by atoms with Gasteiger partial charge in [0.1, 0.15) is 5.78 Å². The van der Waals surface area contributed by atoms with Crippen molar-refractivity contribution < 1.29 is 9.59 Å². The first-order valence-corrected chi connectivity index (χ1v) is 8.03. The van der Waals surface area contributed by atoms with E-state index in [-0.39, 0.29) is 17.6 Å². The average molecular weight is 294 g/mol.